The third-order valence-corrected chi connectivity index (χ3v) is 5.70. The fourth-order valence-corrected chi connectivity index (χ4v) is 3.64. The lowest BCUT2D eigenvalue weighted by molar-refractivity contribution is -0.128. The standard InChI is InChI=1S/C25H34O2/c1-8-25(9-2,20-12-10-11-18(3)15-20)21-13-14-22(19(4)16-21)27-17-23(26)24(5,6)7/h10-16H,8-9,17H2,1-7H3. The highest BCUT2D eigenvalue weighted by molar-refractivity contribution is 5.85. The molecule has 0 unspecified atom stereocenters. The van der Waals surface area contributed by atoms with Crippen molar-refractivity contribution in [3.05, 3.63) is 64.7 Å². The lowest BCUT2D eigenvalue weighted by atomic mass is 9.70. The SMILES string of the molecule is CCC(CC)(c1cccc(C)c1)c1ccc(OCC(=O)C(C)(C)C)c(C)c1. The van der Waals surface area contributed by atoms with Crippen molar-refractivity contribution in [3.8, 4) is 5.75 Å². The van der Waals surface area contributed by atoms with Crippen LogP contribution in [0.2, 0.25) is 0 Å². The van der Waals surface area contributed by atoms with Crippen molar-refractivity contribution < 1.29 is 9.53 Å². The van der Waals surface area contributed by atoms with E-state index in [0.29, 0.717) is 0 Å². The number of Topliss-reactive ketones (excluding diaryl/α,β-unsaturated/α-hetero) is 1. The van der Waals surface area contributed by atoms with E-state index in [4.69, 9.17) is 4.74 Å². The number of hydrogen-bond donors (Lipinski definition) is 0. The normalized spacial score (nSPS) is 12.1. The van der Waals surface area contributed by atoms with Crippen LogP contribution in [0.3, 0.4) is 0 Å². The number of hydrogen-bond acceptors (Lipinski definition) is 2. The van der Waals surface area contributed by atoms with E-state index in [1.807, 2.05) is 26.8 Å². The first kappa shape index (κ1) is 21.2. The predicted molar refractivity (Wildman–Crippen MR) is 114 cm³/mol. The highest BCUT2D eigenvalue weighted by atomic mass is 16.5. The van der Waals surface area contributed by atoms with Crippen molar-refractivity contribution in [3.63, 3.8) is 0 Å². The third-order valence-electron chi connectivity index (χ3n) is 5.70. The van der Waals surface area contributed by atoms with Gasteiger partial charge in [0.1, 0.15) is 12.4 Å². The first-order valence-corrected chi connectivity index (χ1v) is 9.98. The zero-order valence-electron chi connectivity index (χ0n) is 18.0. The van der Waals surface area contributed by atoms with Crippen LogP contribution in [0.1, 0.15) is 69.7 Å². The second-order valence-corrected chi connectivity index (χ2v) is 8.60. The van der Waals surface area contributed by atoms with Gasteiger partial charge in [-0.15, -0.1) is 0 Å². The summed E-state index contributed by atoms with van der Waals surface area (Å²) in [4.78, 5) is 12.2. The minimum Gasteiger partial charge on any atom is -0.486 e. The fraction of sp³-hybridized carbons (Fsp3) is 0.480. The van der Waals surface area contributed by atoms with Crippen molar-refractivity contribution in [2.75, 3.05) is 6.61 Å². The molecule has 0 aliphatic heterocycles. The predicted octanol–water partition coefficient (Wildman–Crippen LogP) is 6.40. The summed E-state index contributed by atoms with van der Waals surface area (Å²) in [7, 11) is 0. The van der Waals surface area contributed by atoms with Crippen molar-refractivity contribution >= 4 is 5.78 Å². The average molecular weight is 367 g/mol. The van der Waals surface area contributed by atoms with E-state index in [-0.39, 0.29) is 23.2 Å². The van der Waals surface area contributed by atoms with Gasteiger partial charge in [-0.1, -0.05) is 76.6 Å². The molecule has 0 bridgehead atoms. The summed E-state index contributed by atoms with van der Waals surface area (Å²) in [5.41, 5.74) is 4.66. The summed E-state index contributed by atoms with van der Waals surface area (Å²) in [6, 6.07) is 15.2. The Hall–Kier alpha value is -2.09. The minimum absolute atomic E-state index is 0.00343. The van der Waals surface area contributed by atoms with Gasteiger partial charge in [0.25, 0.3) is 0 Å². The molecule has 146 valence electrons. The number of benzene rings is 2. The molecule has 0 heterocycles. The third kappa shape index (κ3) is 4.61. The Morgan fingerprint density at radius 1 is 0.926 bits per heavy atom. The maximum Gasteiger partial charge on any atom is 0.175 e. The lowest BCUT2D eigenvalue weighted by Crippen LogP contribution is -2.27. The Labute approximate surface area is 165 Å². The molecular formula is C25H34O2. The molecule has 2 aromatic rings. The average Bonchev–Trinajstić information content (AvgIpc) is 2.61. The molecular weight excluding hydrogens is 332 g/mol. The Balaban J connectivity index is 2.35. The number of aryl methyl sites for hydroxylation is 2. The molecule has 0 saturated carbocycles. The number of ketones is 1. The summed E-state index contributed by atoms with van der Waals surface area (Å²) in [6.45, 7) is 14.6. The molecule has 0 aromatic heterocycles. The second-order valence-electron chi connectivity index (χ2n) is 8.60. The number of rotatable bonds is 7. The monoisotopic (exact) mass is 366 g/mol. The maximum absolute atomic E-state index is 12.2. The quantitative estimate of drug-likeness (QED) is 0.566. The van der Waals surface area contributed by atoms with Gasteiger partial charge in [-0.2, -0.15) is 0 Å². The van der Waals surface area contributed by atoms with Crippen LogP contribution in [0, 0.1) is 19.3 Å². The van der Waals surface area contributed by atoms with E-state index in [9.17, 15) is 4.79 Å². The Morgan fingerprint density at radius 3 is 2.07 bits per heavy atom. The van der Waals surface area contributed by atoms with E-state index in [0.717, 1.165) is 24.2 Å². The Kier molecular flexibility index (Phi) is 6.51. The van der Waals surface area contributed by atoms with Gasteiger partial charge < -0.3 is 4.74 Å². The highest BCUT2D eigenvalue weighted by Gasteiger charge is 2.31. The molecule has 0 amide bonds. The van der Waals surface area contributed by atoms with Gasteiger partial charge in [0.2, 0.25) is 0 Å². The summed E-state index contributed by atoms with van der Waals surface area (Å²) < 4.78 is 5.84. The van der Waals surface area contributed by atoms with E-state index in [1.165, 1.54) is 16.7 Å². The maximum atomic E-state index is 12.2. The van der Waals surface area contributed by atoms with Crippen LogP contribution in [0.15, 0.2) is 42.5 Å². The van der Waals surface area contributed by atoms with Crippen molar-refractivity contribution in [2.24, 2.45) is 5.41 Å². The van der Waals surface area contributed by atoms with Gasteiger partial charge in [0, 0.05) is 10.8 Å². The summed E-state index contributed by atoms with van der Waals surface area (Å²) >= 11 is 0. The molecule has 0 saturated heterocycles. The second kappa shape index (κ2) is 8.29. The molecule has 0 atom stereocenters. The zero-order chi connectivity index (χ0) is 20.2. The van der Waals surface area contributed by atoms with Gasteiger partial charge in [-0.25, -0.2) is 0 Å². The van der Waals surface area contributed by atoms with Gasteiger partial charge in [-0.3, -0.25) is 4.79 Å². The van der Waals surface area contributed by atoms with E-state index >= 15 is 0 Å². The minimum atomic E-state index is -0.376. The van der Waals surface area contributed by atoms with Gasteiger partial charge in [-0.05, 0) is 49.4 Å². The van der Waals surface area contributed by atoms with Crippen LogP contribution in [0.4, 0.5) is 0 Å². The van der Waals surface area contributed by atoms with E-state index < -0.39 is 0 Å². The number of ether oxygens (including phenoxy) is 1. The van der Waals surface area contributed by atoms with Gasteiger partial charge >= 0.3 is 0 Å². The number of carbonyl (C=O) groups is 1. The van der Waals surface area contributed by atoms with Crippen molar-refractivity contribution in [1.82, 2.24) is 0 Å². The molecule has 0 radical (unpaired) electrons. The van der Waals surface area contributed by atoms with Crippen LogP contribution in [-0.4, -0.2) is 12.4 Å². The van der Waals surface area contributed by atoms with Crippen molar-refractivity contribution in [1.29, 1.82) is 0 Å². The smallest absolute Gasteiger partial charge is 0.175 e. The fourth-order valence-electron chi connectivity index (χ4n) is 3.64. The van der Waals surface area contributed by atoms with Crippen LogP contribution < -0.4 is 4.74 Å². The van der Waals surface area contributed by atoms with Crippen molar-refractivity contribution in [2.45, 2.75) is 66.7 Å². The first-order valence-electron chi connectivity index (χ1n) is 9.98. The van der Waals surface area contributed by atoms with Crippen LogP contribution >= 0.6 is 0 Å². The molecule has 0 N–H and O–H groups in total. The van der Waals surface area contributed by atoms with Gasteiger partial charge in [0.05, 0.1) is 0 Å². The molecule has 0 aliphatic rings. The van der Waals surface area contributed by atoms with E-state index in [2.05, 4.69) is 64.1 Å². The van der Waals surface area contributed by atoms with Crippen LogP contribution in [-0.2, 0) is 10.2 Å². The Morgan fingerprint density at radius 2 is 1.56 bits per heavy atom. The lowest BCUT2D eigenvalue weighted by Gasteiger charge is -2.34. The Bertz CT molecular complexity index is 792. The topological polar surface area (TPSA) is 26.3 Å². The molecule has 2 nitrogen and oxygen atoms in total. The van der Waals surface area contributed by atoms with E-state index in [1.54, 1.807) is 0 Å². The highest BCUT2D eigenvalue weighted by Crippen LogP contribution is 2.40. The molecule has 0 spiro atoms. The van der Waals surface area contributed by atoms with Crippen LogP contribution in [0.5, 0.6) is 5.75 Å². The summed E-state index contributed by atoms with van der Waals surface area (Å²) in [6.07, 6.45) is 2.07. The molecule has 0 fully saturated rings. The van der Waals surface area contributed by atoms with Crippen LogP contribution in [0.25, 0.3) is 0 Å². The first-order chi connectivity index (χ1) is 12.6. The zero-order valence-corrected chi connectivity index (χ0v) is 18.0. The molecule has 27 heavy (non-hydrogen) atoms. The molecule has 0 aliphatic carbocycles. The summed E-state index contributed by atoms with van der Waals surface area (Å²) in [5.74, 6) is 0.906. The summed E-state index contributed by atoms with van der Waals surface area (Å²) in [5, 5.41) is 0. The largest absolute Gasteiger partial charge is 0.486 e. The van der Waals surface area contributed by atoms with Gasteiger partial charge in [0.15, 0.2) is 5.78 Å². The molecule has 2 heteroatoms. The molecule has 2 rings (SSSR count). The number of carbonyl (C=O) groups excluding carboxylic acids is 1. The molecule has 2 aromatic carbocycles.